The second kappa shape index (κ2) is 9.46. The van der Waals surface area contributed by atoms with E-state index in [0.717, 1.165) is 35.1 Å². The number of carboxylic acid groups (broad SMARTS) is 1. The molecule has 0 saturated heterocycles. The van der Waals surface area contributed by atoms with E-state index in [2.05, 4.69) is 19.1 Å². The van der Waals surface area contributed by atoms with Crippen molar-refractivity contribution in [2.45, 2.75) is 66.9 Å². The molecule has 162 valence electrons. The topological polar surface area (TPSA) is 63.6 Å². The summed E-state index contributed by atoms with van der Waals surface area (Å²) in [6.07, 6.45) is 1.76. The van der Waals surface area contributed by atoms with Crippen molar-refractivity contribution in [3.8, 4) is 5.75 Å². The number of rotatable bonds is 9. The van der Waals surface area contributed by atoms with Crippen molar-refractivity contribution in [3.63, 3.8) is 0 Å². The fraction of sp³-hybridized carbons (Fsp3) is 0.462. The molecule has 30 heavy (non-hydrogen) atoms. The third-order valence-electron chi connectivity index (χ3n) is 5.88. The molecule has 2 rings (SSSR count). The second-order valence-corrected chi connectivity index (χ2v) is 9.01. The molecule has 0 spiro atoms. The van der Waals surface area contributed by atoms with Gasteiger partial charge in [-0.2, -0.15) is 0 Å². The molecule has 0 aliphatic rings. The van der Waals surface area contributed by atoms with Crippen LogP contribution in [-0.2, 0) is 11.2 Å². The first-order valence-corrected chi connectivity index (χ1v) is 10.6. The van der Waals surface area contributed by atoms with E-state index in [9.17, 15) is 14.7 Å². The highest BCUT2D eigenvalue weighted by atomic mass is 16.5. The summed E-state index contributed by atoms with van der Waals surface area (Å²) in [5, 5.41) is 9.32. The molecule has 0 fully saturated rings. The van der Waals surface area contributed by atoms with Crippen LogP contribution in [0.4, 0.5) is 0 Å². The van der Waals surface area contributed by atoms with Gasteiger partial charge in [0.25, 0.3) is 0 Å². The summed E-state index contributed by atoms with van der Waals surface area (Å²) in [6, 6.07) is 11.9. The van der Waals surface area contributed by atoms with Crippen molar-refractivity contribution in [1.82, 2.24) is 0 Å². The van der Waals surface area contributed by atoms with Crippen molar-refractivity contribution in [2.24, 2.45) is 11.8 Å². The molecule has 2 atom stereocenters. The van der Waals surface area contributed by atoms with Crippen LogP contribution in [0.1, 0.15) is 66.7 Å². The lowest BCUT2D eigenvalue weighted by Crippen LogP contribution is -2.38. The Bertz CT molecular complexity index is 886. The van der Waals surface area contributed by atoms with Gasteiger partial charge in [0.05, 0.1) is 0 Å². The molecule has 0 saturated carbocycles. The minimum atomic E-state index is -1.28. The summed E-state index contributed by atoms with van der Waals surface area (Å²) in [6.45, 7) is 13.1. The van der Waals surface area contributed by atoms with Crippen molar-refractivity contribution >= 4 is 11.8 Å². The zero-order chi connectivity index (χ0) is 22.6. The van der Waals surface area contributed by atoms with E-state index in [-0.39, 0.29) is 17.6 Å². The Morgan fingerprint density at radius 3 is 2.03 bits per heavy atom. The highest BCUT2D eigenvalue weighted by molar-refractivity contribution is 5.97. The summed E-state index contributed by atoms with van der Waals surface area (Å²) in [5.41, 5.74) is 3.67. The smallest absolute Gasteiger partial charge is 0.347 e. The number of ketones is 1. The van der Waals surface area contributed by atoms with E-state index < -0.39 is 11.6 Å². The van der Waals surface area contributed by atoms with Gasteiger partial charge in [0.2, 0.25) is 0 Å². The maximum Gasteiger partial charge on any atom is 0.347 e. The maximum absolute atomic E-state index is 12.8. The lowest BCUT2D eigenvalue weighted by molar-refractivity contribution is -0.152. The number of carboxylic acids is 1. The molecule has 2 aromatic carbocycles. The Hall–Kier alpha value is -2.62. The van der Waals surface area contributed by atoms with Crippen LogP contribution in [0.2, 0.25) is 0 Å². The zero-order valence-electron chi connectivity index (χ0n) is 19.2. The van der Waals surface area contributed by atoms with Crippen LogP contribution in [0.3, 0.4) is 0 Å². The van der Waals surface area contributed by atoms with Gasteiger partial charge in [-0.05, 0) is 70.1 Å². The molecule has 0 amide bonds. The van der Waals surface area contributed by atoms with Gasteiger partial charge in [0.15, 0.2) is 11.4 Å². The first-order valence-electron chi connectivity index (χ1n) is 10.6. The summed E-state index contributed by atoms with van der Waals surface area (Å²) in [5.74, 6) is 0.0261. The molecule has 2 aromatic rings. The number of hydrogen-bond donors (Lipinski definition) is 1. The fourth-order valence-corrected chi connectivity index (χ4v) is 3.53. The number of Topliss-reactive ketones (excluding diaryl/α,β-unsaturated/α-hetero) is 1. The van der Waals surface area contributed by atoms with Crippen molar-refractivity contribution in [3.05, 3.63) is 64.2 Å². The number of hydrogen-bond acceptors (Lipinski definition) is 3. The largest absolute Gasteiger partial charge is 0.478 e. The first kappa shape index (κ1) is 23.7. The highest BCUT2D eigenvalue weighted by Crippen LogP contribution is 2.30. The Morgan fingerprint density at radius 2 is 1.53 bits per heavy atom. The molecule has 0 aliphatic carbocycles. The highest BCUT2D eigenvalue weighted by Gasteiger charge is 2.30. The summed E-state index contributed by atoms with van der Waals surface area (Å²) < 4.78 is 5.79. The number of ether oxygens (including phenoxy) is 1. The van der Waals surface area contributed by atoms with E-state index in [0.29, 0.717) is 5.75 Å². The van der Waals surface area contributed by atoms with Crippen LogP contribution in [0.25, 0.3) is 0 Å². The quantitative estimate of drug-likeness (QED) is 0.520. The molecule has 0 unspecified atom stereocenters. The zero-order valence-corrected chi connectivity index (χ0v) is 19.2. The Balaban J connectivity index is 2.05. The lowest BCUT2D eigenvalue weighted by Gasteiger charge is -2.25. The second-order valence-electron chi connectivity index (χ2n) is 9.01. The van der Waals surface area contributed by atoms with Gasteiger partial charge in [-0.15, -0.1) is 0 Å². The number of aliphatic carboxylic acids is 1. The van der Waals surface area contributed by atoms with Crippen LogP contribution in [0.5, 0.6) is 5.75 Å². The predicted molar refractivity (Wildman–Crippen MR) is 120 cm³/mol. The lowest BCUT2D eigenvalue weighted by atomic mass is 9.84. The molecule has 0 bridgehead atoms. The van der Waals surface area contributed by atoms with Gasteiger partial charge >= 0.3 is 5.97 Å². The van der Waals surface area contributed by atoms with E-state index in [4.69, 9.17) is 4.74 Å². The SMILES string of the molecule is Cc1ccc(C(=O)[C@@H](C)[C@H](C)CCc2cc(C)c(OC(C)(C)C(=O)O)c(C)c2)cc1. The minimum Gasteiger partial charge on any atom is -0.478 e. The van der Waals surface area contributed by atoms with Crippen LogP contribution in [-0.4, -0.2) is 22.5 Å². The Kier molecular flexibility index (Phi) is 7.46. The average Bonchev–Trinajstić information content (AvgIpc) is 2.68. The van der Waals surface area contributed by atoms with Crippen LogP contribution < -0.4 is 4.74 Å². The summed E-state index contributed by atoms with van der Waals surface area (Å²) >= 11 is 0. The molecule has 0 aliphatic heterocycles. The minimum absolute atomic E-state index is 0.0473. The molecule has 4 nitrogen and oxygen atoms in total. The molecule has 0 aromatic heterocycles. The van der Waals surface area contributed by atoms with Crippen LogP contribution in [0.15, 0.2) is 36.4 Å². The molecular formula is C26H34O4. The molecule has 4 heteroatoms. The first-order chi connectivity index (χ1) is 13.9. The van der Waals surface area contributed by atoms with E-state index in [1.807, 2.05) is 52.0 Å². The van der Waals surface area contributed by atoms with Crippen molar-refractivity contribution < 1.29 is 19.4 Å². The van der Waals surface area contributed by atoms with Crippen molar-refractivity contribution in [1.29, 1.82) is 0 Å². The number of carbonyl (C=O) groups excluding carboxylic acids is 1. The van der Waals surface area contributed by atoms with E-state index in [1.54, 1.807) is 13.8 Å². The molecule has 1 N–H and O–H groups in total. The van der Waals surface area contributed by atoms with Gasteiger partial charge in [-0.3, -0.25) is 4.79 Å². The molecular weight excluding hydrogens is 376 g/mol. The number of carbonyl (C=O) groups is 2. The number of aryl methyl sites for hydroxylation is 4. The monoisotopic (exact) mass is 410 g/mol. The van der Waals surface area contributed by atoms with Gasteiger partial charge in [-0.25, -0.2) is 4.79 Å². The fourth-order valence-electron chi connectivity index (χ4n) is 3.53. The van der Waals surface area contributed by atoms with Gasteiger partial charge in [-0.1, -0.05) is 55.8 Å². The predicted octanol–water partition coefficient (Wildman–Crippen LogP) is 5.94. The molecule has 0 heterocycles. The number of benzene rings is 2. The van der Waals surface area contributed by atoms with Crippen molar-refractivity contribution in [2.75, 3.05) is 0 Å². The average molecular weight is 411 g/mol. The third kappa shape index (κ3) is 5.71. The Morgan fingerprint density at radius 1 is 1.00 bits per heavy atom. The van der Waals surface area contributed by atoms with Gasteiger partial charge < -0.3 is 9.84 Å². The summed E-state index contributed by atoms with van der Waals surface area (Å²) in [7, 11) is 0. The third-order valence-corrected chi connectivity index (χ3v) is 5.88. The molecule has 0 radical (unpaired) electrons. The van der Waals surface area contributed by atoms with Gasteiger partial charge in [0, 0.05) is 11.5 Å². The van der Waals surface area contributed by atoms with Crippen LogP contribution in [0, 0.1) is 32.6 Å². The maximum atomic E-state index is 12.8. The van der Waals surface area contributed by atoms with E-state index in [1.165, 1.54) is 5.56 Å². The summed E-state index contributed by atoms with van der Waals surface area (Å²) in [4.78, 5) is 24.2. The normalized spacial score (nSPS) is 13.6. The standard InChI is InChI=1S/C26H34O4/c1-16-8-12-22(13-9-16)23(27)20(5)17(2)10-11-21-14-18(3)24(19(4)15-21)30-26(6,7)25(28)29/h8-9,12-15,17,20H,10-11H2,1-7H3,(H,28,29)/t17-,20+/m1/s1. The van der Waals surface area contributed by atoms with Crippen LogP contribution >= 0.6 is 0 Å². The Labute approximate surface area is 180 Å². The van der Waals surface area contributed by atoms with E-state index >= 15 is 0 Å². The van der Waals surface area contributed by atoms with Gasteiger partial charge in [0.1, 0.15) is 5.75 Å².